The molecule has 0 spiro atoms. The molecule has 2 amide bonds. The van der Waals surface area contributed by atoms with Gasteiger partial charge in [-0.2, -0.15) is 0 Å². The van der Waals surface area contributed by atoms with Crippen molar-refractivity contribution in [1.82, 2.24) is 10.2 Å². The van der Waals surface area contributed by atoms with Crippen LogP contribution in [-0.4, -0.2) is 50.4 Å². The third kappa shape index (κ3) is 8.83. The van der Waals surface area contributed by atoms with Gasteiger partial charge >= 0.3 is 0 Å². The number of ether oxygens (including phenoxy) is 1. The second-order valence-corrected chi connectivity index (χ2v) is 14.1. The standard InChI is InChI=1S/C39H45N3O5S/c1-3-47-37-22-14-13-21-35(37)42(48(45,46)34-25-23-30(2)24-26-34)29-38(43)41(28-32-17-9-5-10-18-32)36(27-31-15-7-4-8-16-31)39(44)40-33-19-11-6-12-20-33/h4-5,7-10,13-18,21-26,33,36H,3,6,11-12,19-20,27-29H2,1-2H3,(H,40,44). The summed E-state index contributed by atoms with van der Waals surface area (Å²) in [4.78, 5) is 30.6. The fourth-order valence-corrected chi connectivity index (χ4v) is 7.59. The molecule has 1 aliphatic rings. The minimum Gasteiger partial charge on any atom is -0.492 e. The van der Waals surface area contributed by atoms with E-state index in [1.54, 1.807) is 53.4 Å². The first-order valence-electron chi connectivity index (χ1n) is 16.7. The van der Waals surface area contributed by atoms with E-state index < -0.39 is 28.5 Å². The predicted octanol–water partition coefficient (Wildman–Crippen LogP) is 6.68. The fourth-order valence-electron chi connectivity index (χ4n) is 6.17. The van der Waals surface area contributed by atoms with Gasteiger partial charge in [0.15, 0.2) is 0 Å². The molecular weight excluding hydrogens is 623 g/mol. The van der Waals surface area contributed by atoms with Crippen LogP contribution in [-0.2, 0) is 32.6 Å². The van der Waals surface area contributed by atoms with Gasteiger partial charge in [-0.1, -0.05) is 110 Å². The first-order chi connectivity index (χ1) is 23.3. The summed E-state index contributed by atoms with van der Waals surface area (Å²) in [6.07, 6.45) is 5.31. The van der Waals surface area contributed by atoms with Crippen molar-refractivity contribution in [1.29, 1.82) is 0 Å². The van der Waals surface area contributed by atoms with Gasteiger partial charge in [0.2, 0.25) is 11.8 Å². The molecule has 252 valence electrons. The Morgan fingerprint density at radius 3 is 2.06 bits per heavy atom. The van der Waals surface area contributed by atoms with E-state index in [9.17, 15) is 18.0 Å². The summed E-state index contributed by atoms with van der Waals surface area (Å²) >= 11 is 0. The van der Waals surface area contributed by atoms with Crippen LogP contribution in [0.5, 0.6) is 5.75 Å². The molecule has 9 heteroatoms. The number of hydrogen-bond donors (Lipinski definition) is 1. The molecule has 0 aliphatic heterocycles. The monoisotopic (exact) mass is 667 g/mol. The number of anilines is 1. The lowest BCUT2D eigenvalue weighted by Crippen LogP contribution is -2.55. The smallest absolute Gasteiger partial charge is 0.264 e. The van der Waals surface area contributed by atoms with Crippen molar-refractivity contribution in [3.8, 4) is 5.75 Å². The molecule has 8 nitrogen and oxygen atoms in total. The number of nitrogens with zero attached hydrogens (tertiary/aromatic N) is 2. The van der Waals surface area contributed by atoms with Gasteiger partial charge in [0.25, 0.3) is 10.0 Å². The molecule has 1 fully saturated rings. The Morgan fingerprint density at radius 1 is 0.812 bits per heavy atom. The Hall–Kier alpha value is -4.63. The van der Waals surface area contributed by atoms with Crippen LogP contribution in [0, 0.1) is 6.92 Å². The molecule has 0 saturated heterocycles. The lowest BCUT2D eigenvalue weighted by Gasteiger charge is -2.35. The van der Waals surface area contributed by atoms with Gasteiger partial charge in [0.05, 0.1) is 17.2 Å². The number of rotatable bonds is 14. The fraction of sp³-hybridized carbons (Fsp3) is 0.333. The third-order valence-corrected chi connectivity index (χ3v) is 10.5. The number of amides is 2. The highest BCUT2D eigenvalue weighted by Gasteiger charge is 2.36. The summed E-state index contributed by atoms with van der Waals surface area (Å²) in [6.45, 7) is 3.61. The van der Waals surface area contributed by atoms with Gasteiger partial charge in [-0.15, -0.1) is 0 Å². The van der Waals surface area contributed by atoms with E-state index in [0.717, 1.165) is 53.1 Å². The molecule has 1 N–H and O–H groups in total. The number of carbonyl (C=O) groups excluding carboxylic acids is 2. The molecule has 1 saturated carbocycles. The van der Waals surface area contributed by atoms with Crippen molar-refractivity contribution in [2.75, 3.05) is 17.5 Å². The average molecular weight is 668 g/mol. The van der Waals surface area contributed by atoms with Gasteiger partial charge in [0, 0.05) is 19.0 Å². The predicted molar refractivity (Wildman–Crippen MR) is 189 cm³/mol. The number of hydrogen-bond acceptors (Lipinski definition) is 5. The zero-order valence-electron chi connectivity index (χ0n) is 27.8. The summed E-state index contributed by atoms with van der Waals surface area (Å²) in [7, 11) is -4.24. The Morgan fingerprint density at radius 2 is 1.42 bits per heavy atom. The number of benzene rings is 4. The largest absolute Gasteiger partial charge is 0.492 e. The molecular formula is C39H45N3O5S. The Balaban J connectivity index is 1.58. The third-order valence-electron chi connectivity index (χ3n) is 8.74. The summed E-state index contributed by atoms with van der Waals surface area (Å²) in [5, 5.41) is 3.25. The first kappa shape index (κ1) is 34.7. The summed E-state index contributed by atoms with van der Waals surface area (Å²) in [5.74, 6) is -0.396. The summed E-state index contributed by atoms with van der Waals surface area (Å²) in [6, 6.07) is 31.6. The second kappa shape index (κ2) is 16.5. The van der Waals surface area contributed by atoms with Gasteiger partial charge in [-0.3, -0.25) is 13.9 Å². The van der Waals surface area contributed by atoms with Crippen LogP contribution < -0.4 is 14.4 Å². The molecule has 0 heterocycles. The Kier molecular flexibility index (Phi) is 11.9. The zero-order chi connectivity index (χ0) is 33.9. The van der Waals surface area contributed by atoms with Crippen molar-refractivity contribution < 1.29 is 22.7 Å². The molecule has 5 rings (SSSR count). The van der Waals surface area contributed by atoms with Crippen LogP contribution in [0.4, 0.5) is 5.69 Å². The molecule has 1 unspecified atom stereocenters. The second-order valence-electron chi connectivity index (χ2n) is 12.3. The number of sulfonamides is 1. The molecule has 0 bridgehead atoms. The number of aryl methyl sites for hydroxylation is 1. The lowest BCUT2D eigenvalue weighted by atomic mass is 9.94. The highest BCUT2D eigenvalue weighted by atomic mass is 32.2. The topological polar surface area (TPSA) is 96.0 Å². The van der Waals surface area contributed by atoms with E-state index in [2.05, 4.69) is 5.32 Å². The highest BCUT2D eigenvalue weighted by molar-refractivity contribution is 7.92. The summed E-state index contributed by atoms with van der Waals surface area (Å²) in [5.41, 5.74) is 2.89. The van der Waals surface area contributed by atoms with Crippen LogP contribution >= 0.6 is 0 Å². The maximum absolute atomic E-state index is 14.8. The van der Waals surface area contributed by atoms with E-state index in [0.29, 0.717) is 12.4 Å². The summed E-state index contributed by atoms with van der Waals surface area (Å²) < 4.78 is 35.8. The maximum Gasteiger partial charge on any atom is 0.264 e. The van der Waals surface area contributed by atoms with Crippen LogP contribution in [0.2, 0.25) is 0 Å². The molecule has 1 atom stereocenters. The molecule has 48 heavy (non-hydrogen) atoms. The van der Waals surface area contributed by atoms with Crippen molar-refractivity contribution in [2.45, 2.75) is 75.9 Å². The van der Waals surface area contributed by atoms with Crippen molar-refractivity contribution >= 4 is 27.5 Å². The van der Waals surface area contributed by atoms with Crippen molar-refractivity contribution in [2.24, 2.45) is 0 Å². The molecule has 4 aromatic rings. The number of nitrogens with one attached hydrogen (secondary N) is 1. The number of carbonyl (C=O) groups is 2. The van der Waals surface area contributed by atoms with Crippen LogP contribution in [0.25, 0.3) is 0 Å². The van der Waals surface area contributed by atoms with Crippen molar-refractivity contribution in [3.63, 3.8) is 0 Å². The van der Waals surface area contributed by atoms with E-state index in [-0.39, 0.29) is 35.5 Å². The number of para-hydroxylation sites is 2. The molecule has 0 radical (unpaired) electrons. The first-order valence-corrected chi connectivity index (χ1v) is 18.2. The van der Waals surface area contributed by atoms with Gasteiger partial charge in [0.1, 0.15) is 18.3 Å². The molecule has 4 aromatic carbocycles. The van der Waals surface area contributed by atoms with E-state index >= 15 is 0 Å². The molecule has 0 aromatic heterocycles. The van der Waals surface area contributed by atoms with Gasteiger partial charge in [-0.05, 0) is 62.1 Å². The van der Waals surface area contributed by atoms with Gasteiger partial charge < -0.3 is 15.0 Å². The van der Waals surface area contributed by atoms with Gasteiger partial charge in [-0.25, -0.2) is 8.42 Å². The Labute approximate surface area is 284 Å². The van der Waals surface area contributed by atoms with E-state index in [1.165, 1.54) is 0 Å². The van der Waals surface area contributed by atoms with Crippen LogP contribution in [0.1, 0.15) is 55.7 Å². The SMILES string of the molecule is CCOc1ccccc1N(CC(=O)N(Cc1ccccc1)C(Cc1ccccc1)C(=O)NC1CCCCC1)S(=O)(=O)c1ccc(C)cc1. The molecule has 1 aliphatic carbocycles. The zero-order valence-corrected chi connectivity index (χ0v) is 28.6. The van der Waals surface area contributed by atoms with Crippen LogP contribution in [0.3, 0.4) is 0 Å². The minimum absolute atomic E-state index is 0.0367. The van der Waals surface area contributed by atoms with Crippen molar-refractivity contribution in [3.05, 3.63) is 126 Å². The lowest BCUT2D eigenvalue weighted by molar-refractivity contribution is -0.140. The minimum atomic E-state index is -4.24. The quantitative estimate of drug-likeness (QED) is 0.162. The van der Waals surface area contributed by atoms with Crippen LogP contribution in [0.15, 0.2) is 114 Å². The Bertz CT molecular complexity index is 1740. The average Bonchev–Trinajstić information content (AvgIpc) is 3.10. The maximum atomic E-state index is 14.8. The highest BCUT2D eigenvalue weighted by Crippen LogP contribution is 2.33. The van der Waals surface area contributed by atoms with E-state index in [1.807, 2.05) is 74.5 Å². The normalized spacial score (nSPS) is 14.1. The van der Waals surface area contributed by atoms with E-state index in [4.69, 9.17) is 4.74 Å².